The van der Waals surface area contributed by atoms with Crippen LogP contribution >= 0.6 is 0 Å². The number of benzene rings is 2. The Labute approximate surface area is 166 Å². The average Bonchev–Trinajstić information content (AvgIpc) is 2.73. The maximum Gasteiger partial charge on any atom is 0.407 e. The number of esters is 1. The Hall–Kier alpha value is -3.08. The van der Waals surface area contributed by atoms with Crippen LogP contribution in [-0.2, 0) is 16.1 Å². The first-order valence-electron chi connectivity index (χ1n) is 9.52. The molecule has 1 atom stereocenters. The minimum Gasteiger partial charge on any atom is -0.455 e. The van der Waals surface area contributed by atoms with Crippen molar-refractivity contribution in [1.82, 2.24) is 5.32 Å². The summed E-state index contributed by atoms with van der Waals surface area (Å²) in [6, 6.07) is 18.5. The number of allylic oxidation sites excluding steroid dienone is 1. The average molecular weight is 381 g/mol. The summed E-state index contributed by atoms with van der Waals surface area (Å²) in [6.07, 6.45) is 5.82. The molecule has 2 aromatic carbocycles. The molecule has 5 heteroatoms. The summed E-state index contributed by atoms with van der Waals surface area (Å²) in [5.74, 6) is -0.323. The molecule has 1 unspecified atom stereocenters. The molecular weight excluding hydrogens is 354 g/mol. The van der Waals surface area contributed by atoms with Crippen molar-refractivity contribution >= 4 is 12.1 Å². The van der Waals surface area contributed by atoms with Crippen molar-refractivity contribution in [2.45, 2.75) is 38.9 Å². The maximum atomic E-state index is 11.9. The summed E-state index contributed by atoms with van der Waals surface area (Å²) in [6.45, 7) is 2.68. The first-order valence-corrected chi connectivity index (χ1v) is 9.52. The van der Waals surface area contributed by atoms with Gasteiger partial charge in [0, 0.05) is 6.54 Å². The molecule has 1 amide bonds. The highest BCUT2D eigenvalue weighted by Crippen LogP contribution is 2.06. The number of carbonyl (C=O) groups is 2. The zero-order valence-electron chi connectivity index (χ0n) is 16.2. The van der Waals surface area contributed by atoms with Crippen molar-refractivity contribution in [3.8, 4) is 0 Å². The quantitative estimate of drug-likeness (QED) is 0.362. The van der Waals surface area contributed by atoms with E-state index in [1.807, 2.05) is 67.6 Å². The molecule has 1 N–H and O–H groups in total. The van der Waals surface area contributed by atoms with Crippen LogP contribution in [0.4, 0.5) is 4.79 Å². The van der Waals surface area contributed by atoms with Crippen LogP contribution in [0.15, 0.2) is 72.8 Å². The van der Waals surface area contributed by atoms with Crippen molar-refractivity contribution in [2.24, 2.45) is 0 Å². The molecule has 0 radical (unpaired) electrons. The fraction of sp³-hybridized carbons (Fsp3) is 0.304. The van der Waals surface area contributed by atoms with Gasteiger partial charge in [0.2, 0.25) is 0 Å². The van der Waals surface area contributed by atoms with Crippen LogP contribution in [0.2, 0.25) is 0 Å². The van der Waals surface area contributed by atoms with Crippen molar-refractivity contribution in [1.29, 1.82) is 0 Å². The van der Waals surface area contributed by atoms with Gasteiger partial charge in [-0.05, 0) is 50.0 Å². The van der Waals surface area contributed by atoms with E-state index in [0.29, 0.717) is 12.1 Å². The Morgan fingerprint density at radius 3 is 2.39 bits per heavy atom. The Balaban J connectivity index is 1.51. The Bertz CT molecular complexity index is 744. The van der Waals surface area contributed by atoms with Crippen molar-refractivity contribution in [2.75, 3.05) is 6.54 Å². The van der Waals surface area contributed by atoms with Crippen LogP contribution in [-0.4, -0.2) is 24.7 Å². The standard InChI is InChI=1S/C23H27NO4/c1-19(28-22(25)21-15-9-5-10-16-21)12-6-2-3-11-17-24-23(26)27-18-20-13-7-4-8-14-20/h4-10,12-16,19H,2-3,11,17-18H2,1H3,(H,24,26)/b12-6+. The number of rotatable bonds is 10. The predicted octanol–water partition coefficient (Wildman–Crippen LogP) is 4.88. The Morgan fingerprint density at radius 2 is 1.68 bits per heavy atom. The van der Waals surface area contributed by atoms with E-state index in [0.717, 1.165) is 24.8 Å². The SMILES string of the molecule is CC(/C=C/CCCCNC(=O)OCc1ccccc1)OC(=O)c1ccccc1. The normalized spacial score (nSPS) is 11.8. The number of amides is 1. The zero-order valence-corrected chi connectivity index (χ0v) is 16.2. The molecule has 0 aromatic heterocycles. The second-order valence-corrected chi connectivity index (χ2v) is 6.39. The molecule has 0 saturated carbocycles. The van der Waals surface area contributed by atoms with Crippen molar-refractivity contribution in [3.63, 3.8) is 0 Å². The number of unbranched alkanes of at least 4 members (excludes halogenated alkanes) is 2. The van der Waals surface area contributed by atoms with E-state index >= 15 is 0 Å². The number of hydrogen-bond donors (Lipinski definition) is 1. The first kappa shape index (κ1) is 21.2. The molecule has 0 aliphatic rings. The van der Waals surface area contributed by atoms with Crippen molar-refractivity contribution in [3.05, 3.63) is 83.9 Å². The molecular formula is C23H27NO4. The van der Waals surface area contributed by atoms with Crippen molar-refractivity contribution < 1.29 is 19.1 Å². The van der Waals surface area contributed by atoms with E-state index in [9.17, 15) is 9.59 Å². The van der Waals surface area contributed by atoms with Gasteiger partial charge in [0.15, 0.2) is 0 Å². The van der Waals surface area contributed by atoms with Gasteiger partial charge in [-0.2, -0.15) is 0 Å². The highest BCUT2D eigenvalue weighted by atomic mass is 16.5. The highest BCUT2D eigenvalue weighted by Gasteiger charge is 2.08. The van der Waals surface area contributed by atoms with Gasteiger partial charge in [-0.25, -0.2) is 9.59 Å². The van der Waals surface area contributed by atoms with Gasteiger partial charge in [-0.1, -0.05) is 54.6 Å². The van der Waals surface area contributed by atoms with E-state index in [-0.39, 0.29) is 18.7 Å². The molecule has 5 nitrogen and oxygen atoms in total. The largest absolute Gasteiger partial charge is 0.455 e. The lowest BCUT2D eigenvalue weighted by Crippen LogP contribution is -2.25. The summed E-state index contributed by atoms with van der Waals surface area (Å²) in [7, 11) is 0. The summed E-state index contributed by atoms with van der Waals surface area (Å²) < 4.78 is 10.5. The number of nitrogens with one attached hydrogen (secondary N) is 1. The lowest BCUT2D eigenvalue weighted by atomic mass is 10.2. The molecule has 2 rings (SSSR count). The maximum absolute atomic E-state index is 11.9. The van der Waals surface area contributed by atoms with Crippen LogP contribution in [0.1, 0.15) is 42.1 Å². The number of carbonyl (C=O) groups excluding carboxylic acids is 2. The van der Waals surface area contributed by atoms with E-state index < -0.39 is 6.09 Å². The second kappa shape index (κ2) is 12.3. The molecule has 0 spiro atoms. The molecule has 0 saturated heterocycles. The number of hydrogen-bond acceptors (Lipinski definition) is 4. The van der Waals surface area contributed by atoms with E-state index in [4.69, 9.17) is 9.47 Å². The van der Waals surface area contributed by atoms with Gasteiger partial charge in [0.1, 0.15) is 12.7 Å². The summed E-state index contributed by atoms with van der Waals surface area (Å²) in [5.41, 5.74) is 1.51. The smallest absolute Gasteiger partial charge is 0.407 e. The molecule has 0 aliphatic heterocycles. The van der Waals surface area contributed by atoms with E-state index in [2.05, 4.69) is 5.32 Å². The highest BCUT2D eigenvalue weighted by molar-refractivity contribution is 5.89. The third-order valence-corrected chi connectivity index (χ3v) is 3.99. The van der Waals surface area contributed by atoms with Gasteiger partial charge < -0.3 is 14.8 Å². The molecule has 0 aliphatic carbocycles. The lowest BCUT2D eigenvalue weighted by Gasteiger charge is -2.09. The third-order valence-electron chi connectivity index (χ3n) is 3.99. The topological polar surface area (TPSA) is 64.6 Å². The molecule has 28 heavy (non-hydrogen) atoms. The number of alkyl carbamates (subject to hydrolysis) is 1. The fourth-order valence-corrected chi connectivity index (χ4v) is 2.49. The van der Waals surface area contributed by atoms with E-state index in [1.165, 1.54) is 0 Å². The predicted molar refractivity (Wildman–Crippen MR) is 109 cm³/mol. The molecule has 0 bridgehead atoms. The Morgan fingerprint density at radius 1 is 1.00 bits per heavy atom. The van der Waals surface area contributed by atoms with Crippen LogP contribution in [0.3, 0.4) is 0 Å². The van der Waals surface area contributed by atoms with Crippen LogP contribution in [0.5, 0.6) is 0 Å². The minimum absolute atomic E-state index is 0.273. The molecule has 0 fully saturated rings. The van der Waals surface area contributed by atoms with Crippen LogP contribution < -0.4 is 5.32 Å². The fourth-order valence-electron chi connectivity index (χ4n) is 2.49. The molecule has 0 heterocycles. The number of ether oxygens (including phenoxy) is 2. The first-order chi connectivity index (χ1) is 13.6. The Kier molecular flexibility index (Phi) is 9.35. The van der Waals surface area contributed by atoms with E-state index in [1.54, 1.807) is 12.1 Å². The van der Waals surface area contributed by atoms with Crippen LogP contribution in [0.25, 0.3) is 0 Å². The van der Waals surface area contributed by atoms with Gasteiger partial charge in [0.05, 0.1) is 5.56 Å². The summed E-state index contributed by atoms with van der Waals surface area (Å²) in [5, 5.41) is 2.74. The lowest BCUT2D eigenvalue weighted by molar-refractivity contribution is 0.0424. The van der Waals surface area contributed by atoms with Gasteiger partial charge >= 0.3 is 12.1 Å². The molecule has 148 valence electrons. The minimum atomic E-state index is -0.402. The van der Waals surface area contributed by atoms with Gasteiger partial charge in [0.25, 0.3) is 0 Å². The monoisotopic (exact) mass is 381 g/mol. The van der Waals surface area contributed by atoms with Gasteiger partial charge in [-0.15, -0.1) is 0 Å². The van der Waals surface area contributed by atoms with Crippen LogP contribution in [0, 0.1) is 0 Å². The van der Waals surface area contributed by atoms with Gasteiger partial charge in [-0.3, -0.25) is 0 Å². The third kappa shape index (κ3) is 8.54. The summed E-state index contributed by atoms with van der Waals surface area (Å²) >= 11 is 0. The molecule has 2 aromatic rings. The second-order valence-electron chi connectivity index (χ2n) is 6.39. The summed E-state index contributed by atoms with van der Waals surface area (Å²) in [4.78, 5) is 23.5. The zero-order chi connectivity index (χ0) is 20.0.